The van der Waals surface area contributed by atoms with Gasteiger partial charge in [-0.05, 0) is 67.1 Å². The van der Waals surface area contributed by atoms with Gasteiger partial charge in [-0.1, -0.05) is 6.07 Å². The Hall–Kier alpha value is -4.27. The molecule has 0 radical (unpaired) electrons. The lowest BCUT2D eigenvalue weighted by Crippen LogP contribution is -2.13. The van der Waals surface area contributed by atoms with E-state index >= 15 is 0 Å². The van der Waals surface area contributed by atoms with Crippen molar-refractivity contribution >= 4 is 23.1 Å². The lowest BCUT2D eigenvalue weighted by atomic mass is 10.1. The molecular formula is C24H18F3N5O. The molecule has 0 unspecified atom stereocenters. The zero-order valence-corrected chi connectivity index (χ0v) is 17.4. The fourth-order valence-corrected chi connectivity index (χ4v) is 3.13. The molecule has 2 heterocycles. The molecule has 0 aliphatic carbocycles. The summed E-state index contributed by atoms with van der Waals surface area (Å²) >= 11 is 0. The molecule has 0 aliphatic rings. The predicted octanol–water partition coefficient (Wildman–Crippen LogP) is 5.86. The van der Waals surface area contributed by atoms with Crippen LogP contribution in [0.1, 0.15) is 21.5 Å². The van der Waals surface area contributed by atoms with Crippen LogP contribution in [-0.4, -0.2) is 20.9 Å². The van der Waals surface area contributed by atoms with Gasteiger partial charge in [-0.15, -0.1) is 0 Å². The first-order valence-corrected chi connectivity index (χ1v) is 9.89. The molecule has 4 aromatic rings. The molecule has 0 saturated carbocycles. The molecule has 0 spiro atoms. The van der Waals surface area contributed by atoms with Crippen molar-refractivity contribution in [3.63, 3.8) is 0 Å². The molecular weight excluding hydrogens is 431 g/mol. The summed E-state index contributed by atoms with van der Waals surface area (Å²) in [6.07, 6.45) is 0.292. The Morgan fingerprint density at radius 2 is 1.73 bits per heavy atom. The average molecular weight is 449 g/mol. The summed E-state index contributed by atoms with van der Waals surface area (Å²) in [4.78, 5) is 25.3. The van der Waals surface area contributed by atoms with E-state index < -0.39 is 17.6 Å². The first-order valence-electron chi connectivity index (χ1n) is 9.89. The third kappa shape index (κ3) is 5.15. The number of nitrogens with zero attached hydrogens (tertiary/aromatic N) is 3. The van der Waals surface area contributed by atoms with Crippen LogP contribution in [0, 0.1) is 6.92 Å². The van der Waals surface area contributed by atoms with Crippen molar-refractivity contribution in [2.24, 2.45) is 0 Å². The highest BCUT2D eigenvalue weighted by Crippen LogP contribution is 2.31. The third-order valence-corrected chi connectivity index (χ3v) is 4.89. The van der Waals surface area contributed by atoms with Crippen molar-refractivity contribution in [3.8, 4) is 11.3 Å². The second-order valence-electron chi connectivity index (χ2n) is 7.18. The maximum Gasteiger partial charge on any atom is 0.416 e. The molecule has 4 rings (SSSR count). The number of anilines is 3. The Balaban J connectivity index is 1.56. The number of benzene rings is 2. The van der Waals surface area contributed by atoms with Crippen LogP contribution in [0.3, 0.4) is 0 Å². The van der Waals surface area contributed by atoms with Crippen LogP contribution in [0.25, 0.3) is 11.3 Å². The number of carbonyl (C=O) groups excluding carboxylic acids is 1. The highest BCUT2D eigenvalue weighted by atomic mass is 19.4. The fraction of sp³-hybridized carbons (Fsp3) is 0.0833. The van der Waals surface area contributed by atoms with E-state index in [4.69, 9.17) is 0 Å². The number of pyridine rings is 1. The van der Waals surface area contributed by atoms with Crippen LogP contribution in [-0.2, 0) is 6.18 Å². The van der Waals surface area contributed by atoms with Crippen LogP contribution >= 0.6 is 0 Å². The van der Waals surface area contributed by atoms with Crippen LogP contribution in [0.4, 0.5) is 30.4 Å². The minimum atomic E-state index is -4.43. The number of alkyl halides is 3. The van der Waals surface area contributed by atoms with Gasteiger partial charge in [-0.3, -0.25) is 4.79 Å². The summed E-state index contributed by atoms with van der Waals surface area (Å²) in [5, 5.41) is 5.86. The molecule has 2 aromatic carbocycles. The quantitative estimate of drug-likeness (QED) is 0.399. The van der Waals surface area contributed by atoms with Crippen molar-refractivity contribution in [1.29, 1.82) is 0 Å². The summed E-state index contributed by atoms with van der Waals surface area (Å²) in [5.74, 6) is 0.106. The molecule has 2 aromatic heterocycles. The normalized spacial score (nSPS) is 11.2. The van der Waals surface area contributed by atoms with Gasteiger partial charge in [0.1, 0.15) is 12.1 Å². The standard InChI is InChI=1S/C24H18F3N5O/c1-15-4-5-16(23(33)31-18-8-6-17(7-9-18)24(25,26)27)13-21(15)32-22-19(3-2-11-29-22)20-10-12-28-14-30-20/h2-14H,1H3,(H,29,32)(H,31,33). The second kappa shape index (κ2) is 9.07. The van der Waals surface area contributed by atoms with Gasteiger partial charge in [0.05, 0.1) is 11.3 Å². The maximum absolute atomic E-state index is 12.7. The second-order valence-corrected chi connectivity index (χ2v) is 7.18. The summed E-state index contributed by atoms with van der Waals surface area (Å²) in [7, 11) is 0. The largest absolute Gasteiger partial charge is 0.416 e. The number of amides is 1. The van der Waals surface area contributed by atoms with Crippen LogP contribution in [0.15, 0.2) is 79.4 Å². The van der Waals surface area contributed by atoms with Gasteiger partial charge >= 0.3 is 6.18 Å². The lowest BCUT2D eigenvalue weighted by molar-refractivity contribution is -0.137. The van der Waals surface area contributed by atoms with Gasteiger partial charge in [0.15, 0.2) is 0 Å². The number of carbonyl (C=O) groups is 1. The van der Waals surface area contributed by atoms with Gasteiger partial charge < -0.3 is 10.6 Å². The van der Waals surface area contributed by atoms with E-state index in [1.54, 1.807) is 42.7 Å². The molecule has 0 fully saturated rings. The number of nitrogens with one attached hydrogen (secondary N) is 2. The van der Waals surface area contributed by atoms with Gasteiger partial charge in [0, 0.05) is 34.9 Å². The van der Waals surface area contributed by atoms with Crippen molar-refractivity contribution in [1.82, 2.24) is 15.0 Å². The summed E-state index contributed by atoms with van der Waals surface area (Å²) in [6, 6.07) is 14.8. The molecule has 33 heavy (non-hydrogen) atoms. The molecule has 1 amide bonds. The monoisotopic (exact) mass is 449 g/mol. The first kappa shape index (κ1) is 21.9. The molecule has 0 atom stereocenters. The summed E-state index contributed by atoms with van der Waals surface area (Å²) < 4.78 is 38.2. The zero-order chi connectivity index (χ0) is 23.4. The number of rotatable bonds is 5. The average Bonchev–Trinajstić information content (AvgIpc) is 2.81. The molecule has 2 N–H and O–H groups in total. The van der Waals surface area contributed by atoms with Crippen LogP contribution in [0.5, 0.6) is 0 Å². The van der Waals surface area contributed by atoms with E-state index in [0.29, 0.717) is 22.8 Å². The number of hydrogen-bond donors (Lipinski definition) is 2. The van der Waals surface area contributed by atoms with E-state index in [1.807, 2.05) is 13.0 Å². The van der Waals surface area contributed by atoms with Crippen LogP contribution < -0.4 is 10.6 Å². The topological polar surface area (TPSA) is 79.8 Å². The van der Waals surface area contributed by atoms with E-state index in [-0.39, 0.29) is 5.69 Å². The van der Waals surface area contributed by atoms with E-state index in [9.17, 15) is 18.0 Å². The first-order chi connectivity index (χ1) is 15.8. The minimum absolute atomic E-state index is 0.263. The molecule has 166 valence electrons. The predicted molar refractivity (Wildman–Crippen MR) is 119 cm³/mol. The zero-order valence-electron chi connectivity index (χ0n) is 17.4. The Kier molecular flexibility index (Phi) is 6.03. The highest BCUT2D eigenvalue weighted by molar-refractivity contribution is 6.05. The highest BCUT2D eigenvalue weighted by Gasteiger charge is 2.30. The molecule has 6 nitrogen and oxygen atoms in total. The van der Waals surface area contributed by atoms with Crippen molar-refractivity contribution in [3.05, 3.63) is 96.1 Å². The van der Waals surface area contributed by atoms with Gasteiger partial charge in [-0.25, -0.2) is 15.0 Å². The Bertz CT molecular complexity index is 1280. The molecule has 0 bridgehead atoms. The maximum atomic E-state index is 12.7. The fourth-order valence-electron chi connectivity index (χ4n) is 3.13. The third-order valence-electron chi connectivity index (χ3n) is 4.89. The number of hydrogen-bond acceptors (Lipinski definition) is 5. The Labute approximate surface area is 187 Å². The van der Waals surface area contributed by atoms with Crippen molar-refractivity contribution < 1.29 is 18.0 Å². The van der Waals surface area contributed by atoms with Crippen LogP contribution in [0.2, 0.25) is 0 Å². The van der Waals surface area contributed by atoms with Gasteiger partial charge in [0.2, 0.25) is 0 Å². The van der Waals surface area contributed by atoms with Gasteiger partial charge in [-0.2, -0.15) is 13.2 Å². The molecule has 9 heteroatoms. The number of aromatic nitrogens is 3. The lowest BCUT2D eigenvalue weighted by Gasteiger charge is -2.14. The summed E-state index contributed by atoms with van der Waals surface area (Å²) in [6.45, 7) is 1.88. The van der Waals surface area contributed by atoms with E-state index in [2.05, 4.69) is 25.6 Å². The smallest absolute Gasteiger partial charge is 0.339 e. The molecule has 0 saturated heterocycles. The Morgan fingerprint density at radius 1 is 0.939 bits per heavy atom. The number of aryl methyl sites for hydroxylation is 1. The van der Waals surface area contributed by atoms with Crippen molar-refractivity contribution in [2.75, 3.05) is 10.6 Å². The molecule has 0 aliphatic heterocycles. The Morgan fingerprint density at radius 3 is 2.42 bits per heavy atom. The van der Waals surface area contributed by atoms with Crippen molar-refractivity contribution in [2.45, 2.75) is 13.1 Å². The SMILES string of the molecule is Cc1ccc(C(=O)Nc2ccc(C(F)(F)F)cc2)cc1Nc1ncccc1-c1ccncn1. The van der Waals surface area contributed by atoms with E-state index in [1.165, 1.54) is 18.5 Å². The summed E-state index contributed by atoms with van der Waals surface area (Å²) in [5.41, 5.74) is 2.80. The van der Waals surface area contributed by atoms with Gasteiger partial charge in [0.25, 0.3) is 5.91 Å². The number of halogens is 3. The van der Waals surface area contributed by atoms with E-state index in [0.717, 1.165) is 23.3 Å². The minimum Gasteiger partial charge on any atom is -0.339 e.